The smallest absolute Gasteiger partial charge is 0.330 e. The summed E-state index contributed by atoms with van der Waals surface area (Å²) in [6, 6.07) is 0.357. The summed E-state index contributed by atoms with van der Waals surface area (Å²) in [5.41, 5.74) is 5.79. The van der Waals surface area contributed by atoms with Crippen molar-refractivity contribution in [2.24, 2.45) is 5.73 Å². The molecular weight excluding hydrogens is 192 g/mol. The minimum absolute atomic E-state index is 0.258. The number of nitrogens with zero attached hydrogens (tertiary/aromatic N) is 1. The largest absolute Gasteiger partial charge is 0.463 e. The van der Waals surface area contributed by atoms with Crippen LogP contribution in [0.4, 0.5) is 0 Å². The molecule has 1 heterocycles. The number of likely N-dealkylation sites (tertiary alicyclic amines) is 1. The Balaban J connectivity index is 2.16. The molecule has 1 aliphatic rings. The van der Waals surface area contributed by atoms with E-state index in [0.29, 0.717) is 12.6 Å². The molecule has 1 rings (SSSR count). The molecule has 86 valence electrons. The van der Waals surface area contributed by atoms with E-state index in [1.165, 1.54) is 6.08 Å². The van der Waals surface area contributed by atoms with Gasteiger partial charge in [-0.05, 0) is 32.9 Å². The van der Waals surface area contributed by atoms with Crippen molar-refractivity contribution in [2.75, 3.05) is 26.2 Å². The highest BCUT2D eigenvalue weighted by atomic mass is 16.5. The summed E-state index contributed by atoms with van der Waals surface area (Å²) in [5.74, 6) is -0.258. The van der Waals surface area contributed by atoms with Crippen LogP contribution in [0.1, 0.15) is 19.8 Å². The van der Waals surface area contributed by atoms with Gasteiger partial charge in [-0.25, -0.2) is 4.79 Å². The van der Waals surface area contributed by atoms with Crippen molar-refractivity contribution in [1.82, 2.24) is 4.90 Å². The molecule has 0 amide bonds. The van der Waals surface area contributed by atoms with Crippen molar-refractivity contribution in [3.8, 4) is 0 Å². The summed E-state index contributed by atoms with van der Waals surface area (Å²) in [7, 11) is 0. The van der Waals surface area contributed by atoms with Gasteiger partial charge in [-0.3, -0.25) is 4.90 Å². The van der Waals surface area contributed by atoms with E-state index in [1.807, 2.05) is 6.08 Å². The number of rotatable bonds is 4. The average Bonchev–Trinajstić information content (AvgIpc) is 2.21. The van der Waals surface area contributed by atoms with Crippen LogP contribution in [0.25, 0.3) is 0 Å². The zero-order valence-electron chi connectivity index (χ0n) is 9.32. The standard InChI is InChI=1S/C11H20N2O2/c1-2-15-11(14)4-3-7-13-8-5-10(12)6-9-13/h3-4,10H,2,5-9,12H2,1H3/b4-3+. The van der Waals surface area contributed by atoms with E-state index in [-0.39, 0.29) is 5.97 Å². The maximum absolute atomic E-state index is 11.0. The first-order valence-corrected chi connectivity index (χ1v) is 5.53. The molecule has 0 unspecified atom stereocenters. The van der Waals surface area contributed by atoms with E-state index in [9.17, 15) is 4.79 Å². The van der Waals surface area contributed by atoms with Gasteiger partial charge in [0.25, 0.3) is 0 Å². The maximum atomic E-state index is 11.0. The first kappa shape index (κ1) is 12.2. The van der Waals surface area contributed by atoms with E-state index in [0.717, 1.165) is 32.5 Å². The first-order chi connectivity index (χ1) is 7.22. The third-order valence-corrected chi connectivity index (χ3v) is 2.54. The van der Waals surface area contributed by atoms with E-state index in [2.05, 4.69) is 4.90 Å². The molecule has 0 bridgehead atoms. The predicted octanol–water partition coefficient (Wildman–Crippen LogP) is 0.529. The molecule has 4 nitrogen and oxygen atoms in total. The Hall–Kier alpha value is -0.870. The normalized spacial score (nSPS) is 19.6. The number of ether oxygens (including phenoxy) is 1. The highest BCUT2D eigenvalue weighted by Crippen LogP contribution is 2.07. The minimum Gasteiger partial charge on any atom is -0.463 e. The highest BCUT2D eigenvalue weighted by Gasteiger charge is 2.14. The minimum atomic E-state index is -0.258. The van der Waals surface area contributed by atoms with Gasteiger partial charge >= 0.3 is 5.97 Å². The second-order valence-corrected chi connectivity index (χ2v) is 3.79. The fraction of sp³-hybridized carbons (Fsp3) is 0.727. The molecule has 0 saturated carbocycles. The Morgan fingerprint density at radius 1 is 1.53 bits per heavy atom. The van der Waals surface area contributed by atoms with Gasteiger partial charge in [0.15, 0.2) is 0 Å². The number of nitrogens with two attached hydrogens (primary N) is 1. The van der Waals surface area contributed by atoms with Crippen LogP contribution in [0.3, 0.4) is 0 Å². The van der Waals surface area contributed by atoms with Crippen molar-refractivity contribution in [1.29, 1.82) is 0 Å². The molecular formula is C11H20N2O2. The SMILES string of the molecule is CCOC(=O)/C=C/CN1CCC(N)CC1. The summed E-state index contributed by atoms with van der Waals surface area (Å²) in [6.07, 6.45) is 5.45. The van der Waals surface area contributed by atoms with Gasteiger partial charge in [-0.2, -0.15) is 0 Å². The van der Waals surface area contributed by atoms with Gasteiger partial charge in [-0.15, -0.1) is 0 Å². The molecule has 1 saturated heterocycles. The van der Waals surface area contributed by atoms with Crippen LogP contribution in [-0.4, -0.2) is 43.2 Å². The van der Waals surface area contributed by atoms with Crippen LogP contribution in [0.5, 0.6) is 0 Å². The van der Waals surface area contributed by atoms with E-state index < -0.39 is 0 Å². The molecule has 2 N–H and O–H groups in total. The number of hydrogen-bond acceptors (Lipinski definition) is 4. The van der Waals surface area contributed by atoms with E-state index >= 15 is 0 Å². The lowest BCUT2D eigenvalue weighted by molar-refractivity contribution is -0.137. The third-order valence-electron chi connectivity index (χ3n) is 2.54. The van der Waals surface area contributed by atoms with Crippen LogP contribution in [0.2, 0.25) is 0 Å². The third kappa shape index (κ3) is 4.95. The topological polar surface area (TPSA) is 55.6 Å². The predicted molar refractivity (Wildman–Crippen MR) is 59.4 cm³/mol. The Morgan fingerprint density at radius 3 is 2.80 bits per heavy atom. The molecule has 0 spiro atoms. The lowest BCUT2D eigenvalue weighted by Gasteiger charge is -2.28. The number of esters is 1. The van der Waals surface area contributed by atoms with Crippen molar-refractivity contribution in [3.63, 3.8) is 0 Å². The molecule has 0 radical (unpaired) electrons. The van der Waals surface area contributed by atoms with Crippen LogP contribution in [0, 0.1) is 0 Å². The molecule has 0 aromatic heterocycles. The Bertz CT molecular complexity index is 221. The molecule has 0 aromatic rings. The average molecular weight is 212 g/mol. The molecule has 0 aliphatic carbocycles. The van der Waals surface area contributed by atoms with Crippen LogP contribution < -0.4 is 5.73 Å². The monoisotopic (exact) mass is 212 g/mol. The second-order valence-electron chi connectivity index (χ2n) is 3.79. The van der Waals surface area contributed by atoms with Crippen molar-refractivity contribution in [2.45, 2.75) is 25.8 Å². The molecule has 15 heavy (non-hydrogen) atoms. The molecule has 0 aromatic carbocycles. The second kappa shape index (κ2) is 6.58. The molecule has 4 heteroatoms. The van der Waals surface area contributed by atoms with Crippen LogP contribution in [-0.2, 0) is 9.53 Å². The molecule has 1 fully saturated rings. The zero-order chi connectivity index (χ0) is 11.1. The molecule has 1 aliphatic heterocycles. The van der Waals surface area contributed by atoms with E-state index in [4.69, 9.17) is 10.5 Å². The first-order valence-electron chi connectivity index (χ1n) is 5.53. The van der Waals surface area contributed by atoms with Gasteiger partial charge in [0.05, 0.1) is 6.61 Å². The summed E-state index contributed by atoms with van der Waals surface area (Å²) < 4.78 is 4.78. The summed E-state index contributed by atoms with van der Waals surface area (Å²) >= 11 is 0. The fourth-order valence-corrected chi connectivity index (χ4v) is 1.62. The zero-order valence-corrected chi connectivity index (χ0v) is 9.32. The Labute approximate surface area is 91.1 Å². The van der Waals surface area contributed by atoms with Crippen molar-refractivity contribution < 1.29 is 9.53 Å². The van der Waals surface area contributed by atoms with Gasteiger partial charge in [0.1, 0.15) is 0 Å². The van der Waals surface area contributed by atoms with Gasteiger partial charge < -0.3 is 10.5 Å². The van der Waals surface area contributed by atoms with Gasteiger partial charge in [0, 0.05) is 18.7 Å². The van der Waals surface area contributed by atoms with Crippen molar-refractivity contribution in [3.05, 3.63) is 12.2 Å². The van der Waals surface area contributed by atoms with E-state index in [1.54, 1.807) is 6.92 Å². The lowest BCUT2D eigenvalue weighted by Crippen LogP contribution is -2.39. The summed E-state index contributed by atoms with van der Waals surface area (Å²) in [4.78, 5) is 13.3. The van der Waals surface area contributed by atoms with Gasteiger partial charge in [-0.1, -0.05) is 6.08 Å². The number of piperidine rings is 1. The Kier molecular flexibility index (Phi) is 5.36. The quantitative estimate of drug-likeness (QED) is 0.545. The maximum Gasteiger partial charge on any atom is 0.330 e. The van der Waals surface area contributed by atoms with Crippen molar-refractivity contribution >= 4 is 5.97 Å². The number of carbonyl (C=O) groups is 1. The summed E-state index contributed by atoms with van der Waals surface area (Å²) in [6.45, 7) is 5.09. The van der Waals surface area contributed by atoms with Crippen LogP contribution >= 0.6 is 0 Å². The summed E-state index contributed by atoms with van der Waals surface area (Å²) in [5, 5.41) is 0. The lowest BCUT2D eigenvalue weighted by atomic mass is 10.1. The molecule has 0 atom stereocenters. The number of carbonyl (C=O) groups excluding carboxylic acids is 1. The Morgan fingerprint density at radius 2 is 2.20 bits per heavy atom. The highest BCUT2D eigenvalue weighted by molar-refractivity contribution is 5.81. The number of hydrogen-bond donors (Lipinski definition) is 1. The van der Waals surface area contributed by atoms with Crippen LogP contribution in [0.15, 0.2) is 12.2 Å². The fourth-order valence-electron chi connectivity index (χ4n) is 1.62. The van der Waals surface area contributed by atoms with Gasteiger partial charge in [0.2, 0.25) is 0 Å².